The van der Waals surface area contributed by atoms with E-state index in [0.717, 1.165) is 62.7 Å². The first-order valence-corrected chi connectivity index (χ1v) is 18.2. The lowest BCUT2D eigenvalue weighted by molar-refractivity contribution is -0.0647. The number of fused-ring (bicyclic) bond motifs is 1. The van der Waals surface area contributed by atoms with E-state index in [9.17, 15) is 9.18 Å². The molecule has 270 valence electrons. The van der Waals surface area contributed by atoms with E-state index in [4.69, 9.17) is 14.2 Å². The van der Waals surface area contributed by atoms with E-state index in [0.29, 0.717) is 46.1 Å². The Kier molecular flexibility index (Phi) is 9.13. The first-order valence-electron chi connectivity index (χ1n) is 18.2. The zero-order chi connectivity index (χ0) is 36.0. The Hall–Kier alpha value is -4.93. The van der Waals surface area contributed by atoms with Crippen LogP contribution < -0.4 is 19.1 Å². The fourth-order valence-electron chi connectivity index (χ4n) is 8.71. The van der Waals surface area contributed by atoms with E-state index >= 15 is 0 Å². The van der Waals surface area contributed by atoms with E-state index in [-0.39, 0.29) is 5.41 Å². The summed E-state index contributed by atoms with van der Waals surface area (Å²) in [4.78, 5) is 26.7. The van der Waals surface area contributed by atoms with Crippen molar-refractivity contribution in [2.24, 2.45) is 5.41 Å². The molecule has 0 radical (unpaired) electrons. The maximum Gasteiger partial charge on any atom is 0.161 e. The highest BCUT2D eigenvalue weighted by Gasteiger charge is 2.55. The average Bonchev–Trinajstić information content (AvgIpc) is 3.50. The number of methoxy groups -OCH3 is 2. The van der Waals surface area contributed by atoms with Gasteiger partial charge in [-0.3, -0.25) is 14.6 Å². The summed E-state index contributed by atoms with van der Waals surface area (Å²) >= 11 is 0. The van der Waals surface area contributed by atoms with Crippen LogP contribution in [0.5, 0.6) is 23.0 Å². The van der Waals surface area contributed by atoms with Crippen LogP contribution in [0.25, 0.3) is 11.0 Å². The summed E-state index contributed by atoms with van der Waals surface area (Å²) in [6.45, 7) is 10.4. The van der Waals surface area contributed by atoms with Gasteiger partial charge in [0.05, 0.1) is 31.4 Å². The molecule has 1 spiro atoms. The second-order valence-electron chi connectivity index (χ2n) is 15.0. The number of nitrogens with one attached hydrogen (secondary N) is 1. The Labute approximate surface area is 304 Å². The van der Waals surface area contributed by atoms with Gasteiger partial charge < -0.3 is 24.1 Å². The molecule has 5 aromatic rings. The Balaban J connectivity index is 0.957. The third-order valence-corrected chi connectivity index (χ3v) is 11.4. The van der Waals surface area contributed by atoms with Crippen LogP contribution in [0.1, 0.15) is 65.7 Å². The summed E-state index contributed by atoms with van der Waals surface area (Å²) in [5.41, 5.74) is 6.29. The van der Waals surface area contributed by atoms with Crippen molar-refractivity contribution in [3.63, 3.8) is 0 Å². The number of nitrogens with zero attached hydrogens (tertiary/aromatic N) is 4. The predicted octanol–water partition coefficient (Wildman–Crippen LogP) is 7.98. The van der Waals surface area contributed by atoms with Gasteiger partial charge in [0.1, 0.15) is 23.0 Å². The summed E-state index contributed by atoms with van der Waals surface area (Å²) in [6, 6.07) is 23.4. The van der Waals surface area contributed by atoms with Crippen molar-refractivity contribution < 1.29 is 23.4 Å². The van der Waals surface area contributed by atoms with E-state index in [2.05, 4.69) is 74.9 Å². The minimum atomic E-state index is -0.395. The second kappa shape index (κ2) is 13.9. The summed E-state index contributed by atoms with van der Waals surface area (Å²) in [6.07, 6.45) is 5.94. The molecule has 0 unspecified atom stereocenters. The van der Waals surface area contributed by atoms with Crippen molar-refractivity contribution in [3.05, 3.63) is 107 Å². The van der Waals surface area contributed by atoms with Crippen LogP contribution >= 0.6 is 0 Å². The summed E-state index contributed by atoms with van der Waals surface area (Å²) in [7, 11) is 3.36. The first-order chi connectivity index (χ1) is 25.3. The number of rotatable bonds is 11. The number of piperazine rings is 1. The van der Waals surface area contributed by atoms with Crippen LogP contribution in [0.4, 0.5) is 10.1 Å². The van der Waals surface area contributed by atoms with Crippen LogP contribution in [0.15, 0.2) is 79.1 Å². The maximum absolute atomic E-state index is 14.2. The van der Waals surface area contributed by atoms with Gasteiger partial charge in [0.25, 0.3) is 0 Å². The quantitative estimate of drug-likeness (QED) is 0.139. The van der Waals surface area contributed by atoms with E-state index in [1.807, 2.05) is 18.2 Å². The molecule has 1 atom stereocenters. The largest absolute Gasteiger partial charge is 0.493 e. The van der Waals surface area contributed by atoms with Crippen LogP contribution in [0, 0.1) is 11.2 Å². The molecule has 1 aliphatic carbocycles. The van der Waals surface area contributed by atoms with Gasteiger partial charge in [0.15, 0.2) is 17.8 Å². The molecule has 2 aromatic heterocycles. The molecule has 52 heavy (non-hydrogen) atoms. The number of aldehydes is 1. The molecule has 0 amide bonds. The highest BCUT2D eigenvalue weighted by Crippen LogP contribution is 2.53. The van der Waals surface area contributed by atoms with Crippen LogP contribution in [-0.2, 0) is 6.54 Å². The van der Waals surface area contributed by atoms with Gasteiger partial charge in [0, 0.05) is 74.7 Å². The number of aromatic amines is 1. The number of halogens is 1. The Morgan fingerprint density at radius 2 is 1.79 bits per heavy atom. The summed E-state index contributed by atoms with van der Waals surface area (Å²) in [5, 5.41) is 0.347. The SMILES string of the molecule is COc1ccc(CN2CCN(C3CC4(C3)CN(c3ccc(C=O)c(Oc5cnc6[nH]cc(F)c6c5)c3)C4)[C@H](c3ccccc3C(C)C)C2)cc1OC. The molecule has 3 aromatic carbocycles. The van der Waals surface area contributed by atoms with Gasteiger partial charge >= 0.3 is 0 Å². The molecule has 2 saturated heterocycles. The fraction of sp³-hybridized carbons (Fsp3) is 0.381. The molecule has 3 fully saturated rings. The number of benzene rings is 3. The maximum atomic E-state index is 14.2. The number of hydrogen-bond donors (Lipinski definition) is 1. The van der Waals surface area contributed by atoms with Crippen molar-refractivity contribution in [2.45, 2.75) is 51.2 Å². The van der Waals surface area contributed by atoms with Gasteiger partial charge in [0.2, 0.25) is 0 Å². The Morgan fingerprint density at radius 3 is 2.56 bits per heavy atom. The van der Waals surface area contributed by atoms with E-state index < -0.39 is 5.82 Å². The number of pyridine rings is 1. The molecule has 1 N–H and O–H groups in total. The number of anilines is 1. The topological polar surface area (TPSA) is 83.2 Å². The molecular formula is C42H46FN5O4. The zero-order valence-electron chi connectivity index (χ0n) is 30.3. The molecule has 3 aliphatic rings. The third kappa shape index (κ3) is 6.39. The molecule has 9 nitrogen and oxygen atoms in total. The first kappa shape index (κ1) is 34.2. The van der Waals surface area contributed by atoms with Crippen molar-refractivity contribution in [2.75, 3.05) is 51.8 Å². The number of H-pyrrole nitrogens is 1. The van der Waals surface area contributed by atoms with Crippen molar-refractivity contribution in [1.29, 1.82) is 0 Å². The standard InChI is InChI=1S/C42H46FN5O4/c1-27(2)33-7-5-6-8-34(33)37-23-46(22-28-9-12-38(50-3)40(15-28)51-4)13-14-48(37)31-18-42(19-31)25-47(26-42)30-11-10-29(24-49)39(16-30)52-32-17-35-36(43)21-45-41(35)44-20-32/h5-12,15-17,20-21,24,27,31,37H,13-14,18-19,22-23,25-26H2,1-4H3,(H,44,45)/t37-/m0/s1. The van der Waals surface area contributed by atoms with Gasteiger partial charge in [-0.05, 0) is 65.8 Å². The number of carbonyl (C=O) groups is 1. The van der Waals surface area contributed by atoms with Crippen molar-refractivity contribution in [1.82, 2.24) is 19.8 Å². The molecule has 2 aliphatic heterocycles. The second-order valence-corrected chi connectivity index (χ2v) is 15.0. The minimum Gasteiger partial charge on any atom is -0.493 e. The Bertz CT molecular complexity index is 2080. The van der Waals surface area contributed by atoms with Crippen LogP contribution in [0.2, 0.25) is 0 Å². The monoisotopic (exact) mass is 703 g/mol. The summed E-state index contributed by atoms with van der Waals surface area (Å²) < 4.78 is 31.4. The highest BCUT2D eigenvalue weighted by molar-refractivity contribution is 5.82. The molecule has 8 rings (SSSR count). The predicted molar refractivity (Wildman–Crippen MR) is 200 cm³/mol. The third-order valence-electron chi connectivity index (χ3n) is 11.4. The fourth-order valence-corrected chi connectivity index (χ4v) is 8.71. The van der Waals surface area contributed by atoms with E-state index in [1.165, 1.54) is 41.9 Å². The lowest BCUT2D eigenvalue weighted by Crippen LogP contribution is -2.68. The Morgan fingerprint density at radius 1 is 0.981 bits per heavy atom. The minimum absolute atomic E-state index is 0.286. The van der Waals surface area contributed by atoms with Gasteiger partial charge in [-0.25, -0.2) is 9.37 Å². The van der Waals surface area contributed by atoms with Gasteiger partial charge in [-0.1, -0.05) is 44.2 Å². The molecule has 1 saturated carbocycles. The van der Waals surface area contributed by atoms with Gasteiger partial charge in [-0.15, -0.1) is 0 Å². The average molecular weight is 704 g/mol. The smallest absolute Gasteiger partial charge is 0.161 e. The van der Waals surface area contributed by atoms with Crippen LogP contribution in [-0.4, -0.2) is 79.0 Å². The number of ether oxygens (including phenoxy) is 3. The molecular weight excluding hydrogens is 657 g/mol. The normalized spacial score (nSPS) is 19.1. The highest BCUT2D eigenvalue weighted by atomic mass is 19.1. The molecule has 4 heterocycles. The number of aromatic nitrogens is 2. The summed E-state index contributed by atoms with van der Waals surface area (Å²) in [5.74, 6) is 2.39. The zero-order valence-corrected chi connectivity index (χ0v) is 30.3. The molecule has 10 heteroatoms. The lowest BCUT2D eigenvalue weighted by atomic mass is 9.59. The van der Waals surface area contributed by atoms with E-state index in [1.54, 1.807) is 26.4 Å². The lowest BCUT2D eigenvalue weighted by Gasteiger charge is -2.63. The van der Waals surface area contributed by atoms with Crippen LogP contribution in [0.3, 0.4) is 0 Å². The van der Waals surface area contributed by atoms with Crippen molar-refractivity contribution in [3.8, 4) is 23.0 Å². The van der Waals surface area contributed by atoms with Crippen molar-refractivity contribution >= 4 is 23.0 Å². The molecule has 0 bridgehead atoms. The number of hydrogen-bond acceptors (Lipinski definition) is 8. The number of carbonyl (C=O) groups excluding carboxylic acids is 1. The van der Waals surface area contributed by atoms with Gasteiger partial charge in [-0.2, -0.15) is 0 Å².